The predicted molar refractivity (Wildman–Crippen MR) is 63.9 cm³/mol. The summed E-state index contributed by atoms with van der Waals surface area (Å²) in [6, 6.07) is 5.65. The van der Waals surface area contributed by atoms with Crippen molar-refractivity contribution in [3.8, 4) is 11.4 Å². The second-order valence-electron chi connectivity index (χ2n) is 3.49. The zero-order chi connectivity index (χ0) is 11.5. The van der Waals surface area contributed by atoms with Crippen LogP contribution < -0.4 is 10.5 Å². The molecule has 0 radical (unpaired) electrons. The number of rotatable bonds is 3. The molecule has 0 fully saturated rings. The van der Waals surface area contributed by atoms with E-state index in [4.69, 9.17) is 10.5 Å². The van der Waals surface area contributed by atoms with Crippen LogP contribution in [0.15, 0.2) is 30.6 Å². The van der Waals surface area contributed by atoms with E-state index in [9.17, 15) is 0 Å². The number of aromatic nitrogens is 2. The number of nitrogens with two attached hydrogens (primary N) is 1. The summed E-state index contributed by atoms with van der Waals surface area (Å²) in [4.78, 5) is 4.27. The summed E-state index contributed by atoms with van der Waals surface area (Å²) < 4.78 is 7.11. The maximum atomic E-state index is 5.98. The monoisotopic (exact) mass is 217 g/mol. The lowest BCUT2D eigenvalue weighted by Gasteiger charge is -2.10. The molecule has 0 aliphatic rings. The molecular weight excluding hydrogens is 202 g/mol. The van der Waals surface area contributed by atoms with Crippen LogP contribution in [-0.4, -0.2) is 16.7 Å². The van der Waals surface area contributed by atoms with Gasteiger partial charge in [0.05, 0.1) is 18.5 Å². The highest BCUT2D eigenvalue weighted by Gasteiger charge is 2.07. The Hall–Kier alpha value is -1.97. The van der Waals surface area contributed by atoms with Gasteiger partial charge in [-0.25, -0.2) is 4.98 Å². The van der Waals surface area contributed by atoms with Crippen LogP contribution in [0.5, 0.6) is 5.75 Å². The molecule has 1 aromatic carbocycles. The molecule has 2 N–H and O–H groups in total. The fourth-order valence-electron chi connectivity index (χ4n) is 1.69. The van der Waals surface area contributed by atoms with Crippen molar-refractivity contribution < 1.29 is 4.74 Å². The van der Waals surface area contributed by atoms with Crippen LogP contribution in [0, 0.1) is 0 Å². The van der Waals surface area contributed by atoms with Gasteiger partial charge >= 0.3 is 0 Å². The summed E-state index contributed by atoms with van der Waals surface area (Å²) in [6.45, 7) is 2.07. The molecule has 0 unspecified atom stereocenters. The van der Waals surface area contributed by atoms with Crippen molar-refractivity contribution in [3.63, 3.8) is 0 Å². The first-order valence-corrected chi connectivity index (χ1v) is 5.22. The molecule has 4 heteroatoms. The Labute approximate surface area is 94.7 Å². The van der Waals surface area contributed by atoms with Crippen LogP contribution in [-0.2, 0) is 6.42 Å². The number of hydrogen-bond donors (Lipinski definition) is 1. The number of anilines is 1. The average Bonchev–Trinajstić information content (AvgIpc) is 2.76. The van der Waals surface area contributed by atoms with Gasteiger partial charge in [-0.1, -0.05) is 6.92 Å². The Balaban J connectivity index is 2.48. The molecule has 2 aromatic rings. The van der Waals surface area contributed by atoms with Gasteiger partial charge in [-0.2, -0.15) is 0 Å². The molecule has 2 rings (SSSR count). The first-order valence-electron chi connectivity index (χ1n) is 5.22. The van der Waals surface area contributed by atoms with Gasteiger partial charge in [0.2, 0.25) is 0 Å². The summed E-state index contributed by atoms with van der Waals surface area (Å²) in [5, 5.41) is 0. The predicted octanol–water partition coefficient (Wildman–Crippen LogP) is 2.03. The SMILES string of the molecule is CCc1nccn1-c1ccc(OC)cc1N. The number of nitrogens with zero attached hydrogens (tertiary/aromatic N) is 2. The van der Waals surface area contributed by atoms with Gasteiger partial charge < -0.3 is 15.0 Å². The Morgan fingerprint density at radius 2 is 2.25 bits per heavy atom. The summed E-state index contributed by atoms with van der Waals surface area (Å²) in [5.41, 5.74) is 7.61. The van der Waals surface area contributed by atoms with Crippen molar-refractivity contribution in [3.05, 3.63) is 36.4 Å². The molecule has 84 valence electrons. The second-order valence-corrected chi connectivity index (χ2v) is 3.49. The van der Waals surface area contributed by atoms with E-state index in [1.54, 1.807) is 13.3 Å². The van der Waals surface area contributed by atoms with E-state index in [2.05, 4.69) is 11.9 Å². The first-order chi connectivity index (χ1) is 7.76. The molecule has 0 saturated heterocycles. The molecule has 0 atom stereocenters. The van der Waals surface area contributed by atoms with Crippen molar-refractivity contribution in [1.82, 2.24) is 9.55 Å². The third-order valence-electron chi connectivity index (χ3n) is 2.53. The van der Waals surface area contributed by atoms with Gasteiger partial charge in [-0.05, 0) is 12.1 Å². The number of benzene rings is 1. The molecule has 4 nitrogen and oxygen atoms in total. The van der Waals surface area contributed by atoms with E-state index in [0.29, 0.717) is 5.69 Å². The lowest BCUT2D eigenvalue weighted by atomic mass is 10.2. The summed E-state index contributed by atoms with van der Waals surface area (Å²) >= 11 is 0. The minimum Gasteiger partial charge on any atom is -0.497 e. The Bertz CT molecular complexity index is 491. The van der Waals surface area contributed by atoms with Crippen LogP contribution in [0.25, 0.3) is 5.69 Å². The van der Waals surface area contributed by atoms with Crippen molar-refractivity contribution in [1.29, 1.82) is 0 Å². The molecule has 1 aromatic heterocycles. The number of hydrogen-bond acceptors (Lipinski definition) is 3. The minimum absolute atomic E-state index is 0.687. The van der Waals surface area contributed by atoms with Gasteiger partial charge in [-0.3, -0.25) is 0 Å². The van der Waals surface area contributed by atoms with Gasteiger partial charge in [0.15, 0.2) is 0 Å². The van der Waals surface area contributed by atoms with Crippen LogP contribution in [0.2, 0.25) is 0 Å². The average molecular weight is 217 g/mol. The van der Waals surface area contributed by atoms with Crippen molar-refractivity contribution >= 4 is 5.69 Å². The smallest absolute Gasteiger partial charge is 0.121 e. The fourth-order valence-corrected chi connectivity index (χ4v) is 1.69. The molecule has 0 spiro atoms. The largest absolute Gasteiger partial charge is 0.497 e. The third-order valence-corrected chi connectivity index (χ3v) is 2.53. The lowest BCUT2D eigenvalue weighted by molar-refractivity contribution is 0.415. The Morgan fingerprint density at radius 3 is 2.88 bits per heavy atom. The minimum atomic E-state index is 0.687. The number of nitrogen functional groups attached to an aromatic ring is 1. The van der Waals surface area contributed by atoms with Crippen molar-refractivity contribution in [2.75, 3.05) is 12.8 Å². The number of aryl methyl sites for hydroxylation is 1. The maximum Gasteiger partial charge on any atom is 0.121 e. The van der Waals surface area contributed by atoms with Crippen LogP contribution in [0.3, 0.4) is 0 Å². The standard InChI is InChI=1S/C12H15N3O/c1-3-12-14-6-7-15(12)11-5-4-9(16-2)8-10(11)13/h4-8H,3,13H2,1-2H3. The molecule has 0 bridgehead atoms. The third kappa shape index (κ3) is 1.74. The Morgan fingerprint density at radius 1 is 1.44 bits per heavy atom. The number of ether oxygens (including phenoxy) is 1. The lowest BCUT2D eigenvalue weighted by Crippen LogP contribution is -2.03. The van der Waals surface area contributed by atoms with Gasteiger partial charge in [0.1, 0.15) is 11.6 Å². The summed E-state index contributed by atoms with van der Waals surface area (Å²) in [5.74, 6) is 1.76. The van der Waals surface area contributed by atoms with E-state index >= 15 is 0 Å². The zero-order valence-electron chi connectivity index (χ0n) is 9.47. The van der Waals surface area contributed by atoms with Crippen LogP contribution in [0.4, 0.5) is 5.69 Å². The maximum absolute atomic E-state index is 5.98. The fraction of sp³-hybridized carbons (Fsp3) is 0.250. The number of imidazole rings is 1. The van der Waals surface area contributed by atoms with Crippen LogP contribution in [0.1, 0.15) is 12.7 Å². The molecular formula is C12H15N3O. The van der Waals surface area contributed by atoms with E-state index in [0.717, 1.165) is 23.7 Å². The molecule has 16 heavy (non-hydrogen) atoms. The van der Waals surface area contributed by atoms with E-state index in [1.807, 2.05) is 29.0 Å². The normalized spacial score (nSPS) is 10.4. The highest BCUT2D eigenvalue weighted by atomic mass is 16.5. The van der Waals surface area contributed by atoms with Crippen molar-refractivity contribution in [2.45, 2.75) is 13.3 Å². The molecule has 0 aliphatic heterocycles. The highest BCUT2D eigenvalue weighted by Crippen LogP contribution is 2.23. The molecule has 1 heterocycles. The van der Waals surface area contributed by atoms with E-state index in [-0.39, 0.29) is 0 Å². The Kier molecular flexibility index (Phi) is 2.81. The first kappa shape index (κ1) is 10.5. The van der Waals surface area contributed by atoms with Crippen LogP contribution >= 0.6 is 0 Å². The summed E-state index contributed by atoms with van der Waals surface area (Å²) in [7, 11) is 1.63. The quantitative estimate of drug-likeness (QED) is 0.800. The summed E-state index contributed by atoms with van der Waals surface area (Å²) in [6.07, 6.45) is 4.57. The number of methoxy groups -OCH3 is 1. The van der Waals surface area contributed by atoms with E-state index in [1.165, 1.54) is 0 Å². The van der Waals surface area contributed by atoms with E-state index < -0.39 is 0 Å². The highest BCUT2D eigenvalue weighted by molar-refractivity contribution is 5.61. The van der Waals surface area contributed by atoms with Gasteiger partial charge in [-0.15, -0.1) is 0 Å². The van der Waals surface area contributed by atoms with Gasteiger partial charge in [0, 0.05) is 24.9 Å². The molecule has 0 amide bonds. The zero-order valence-corrected chi connectivity index (χ0v) is 9.47. The van der Waals surface area contributed by atoms with Gasteiger partial charge in [0.25, 0.3) is 0 Å². The molecule has 0 saturated carbocycles. The van der Waals surface area contributed by atoms with Crippen molar-refractivity contribution in [2.24, 2.45) is 0 Å². The second kappa shape index (κ2) is 4.26. The molecule has 0 aliphatic carbocycles. The topological polar surface area (TPSA) is 53.1 Å².